The van der Waals surface area contributed by atoms with Crippen LogP contribution < -0.4 is 0 Å². The second-order valence-corrected chi connectivity index (χ2v) is 4.60. The maximum absolute atomic E-state index is 10.2. The van der Waals surface area contributed by atoms with Crippen LogP contribution in [0.2, 0.25) is 5.02 Å². The molecule has 0 fully saturated rings. The van der Waals surface area contributed by atoms with E-state index in [0.29, 0.717) is 11.4 Å². The number of rotatable bonds is 3. The molecule has 90 valence electrons. The SMILES string of the molecule is Cc1c(C(O)Cc2cccc(Cl)c2)cnn1C. The molecule has 0 bridgehead atoms. The Morgan fingerprint density at radius 1 is 1.47 bits per heavy atom. The van der Waals surface area contributed by atoms with Crippen molar-refractivity contribution in [1.29, 1.82) is 0 Å². The van der Waals surface area contributed by atoms with Gasteiger partial charge >= 0.3 is 0 Å². The van der Waals surface area contributed by atoms with E-state index in [1.807, 2.05) is 38.2 Å². The molecule has 1 atom stereocenters. The standard InChI is InChI=1S/C13H15ClN2O/c1-9-12(8-15-16(9)2)13(17)7-10-4-3-5-11(14)6-10/h3-6,8,13,17H,7H2,1-2H3. The van der Waals surface area contributed by atoms with Crippen LogP contribution in [0.4, 0.5) is 0 Å². The molecule has 0 amide bonds. The molecular weight excluding hydrogens is 236 g/mol. The molecule has 17 heavy (non-hydrogen) atoms. The van der Waals surface area contributed by atoms with E-state index >= 15 is 0 Å². The summed E-state index contributed by atoms with van der Waals surface area (Å²) in [5.41, 5.74) is 2.88. The van der Waals surface area contributed by atoms with E-state index in [9.17, 15) is 5.11 Å². The highest BCUT2D eigenvalue weighted by Crippen LogP contribution is 2.22. The molecule has 0 spiro atoms. The van der Waals surface area contributed by atoms with Gasteiger partial charge < -0.3 is 5.11 Å². The Morgan fingerprint density at radius 3 is 2.82 bits per heavy atom. The van der Waals surface area contributed by atoms with Gasteiger partial charge in [0.25, 0.3) is 0 Å². The molecule has 4 heteroatoms. The first-order valence-corrected chi connectivity index (χ1v) is 5.86. The van der Waals surface area contributed by atoms with Gasteiger partial charge in [-0.3, -0.25) is 4.68 Å². The minimum atomic E-state index is -0.540. The Bertz CT molecular complexity index is 522. The molecule has 1 heterocycles. The molecule has 1 aromatic heterocycles. The summed E-state index contributed by atoms with van der Waals surface area (Å²) in [4.78, 5) is 0. The van der Waals surface area contributed by atoms with Gasteiger partial charge in [0.1, 0.15) is 0 Å². The lowest BCUT2D eigenvalue weighted by molar-refractivity contribution is 0.177. The van der Waals surface area contributed by atoms with Crippen LogP contribution in [-0.4, -0.2) is 14.9 Å². The summed E-state index contributed by atoms with van der Waals surface area (Å²) >= 11 is 5.91. The van der Waals surface area contributed by atoms with Crippen molar-refractivity contribution in [2.45, 2.75) is 19.4 Å². The van der Waals surface area contributed by atoms with E-state index in [1.54, 1.807) is 10.9 Å². The molecule has 0 saturated heterocycles. The molecule has 0 saturated carbocycles. The number of hydrogen-bond acceptors (Lipinski definition) is 2. The van der Waals surface area contributed by atoms with E-state index in [4.69, 9.17) is 11.6 Å². The van der Waals surface area contributed by atoms with Gasteiger partial charge in [0.2, 0.25) is 0 Å². The Kier molecular flexibility index (Phi) is 3.50. The van der Waals surface area contributed by atoms with Gasteiger partial charge in [-0.15, -0.1) is 0 Å². The highest BCUT2D eigenvalue weighted by molar-refractivity contribution is 6.30. The van der Waals surface area contributed by atoms with Crippen LogP contribution in [0.5, 0.6) is 0 Å². The smallest absolute Gasteiger partial charge is 0.0863 e. The Labute approximate surface area is 106 Å². The third kappa shape index (κ3) is 2.68. The maximum atomic E-state index is 10.2. The summed E-state index contributed by atoms with van der Waals surface area (Å²) in [5.74, 6) is 0. The van der Waals surface area contributed by atoms with E-state index in [2.05, 4.69) is 5.10 Å². The maximum Gasteiger partial charge on any atom is 0.0863 e. The van der Waals surface area contributed by atoms with Crippen molar-refractivity contribution >= 4 is 11.6 Å². The second-order valence-electron chi connectivity index (χ2n) is 4.16. The predicted octanol–water partition coefficient (Wildman–Crippen LogP) is 2.66. The molecule has 3 nitrogen and oxygen atoms in total. The average Bonchev–Trinajstić information content (AvgIpc) is 2.60. The van der Waals surface area contributed by atoms with E-state index in [1.165, 1.54) is 0 Å². The first-order chi connectivity index (χ1) is 8.08. The highest BCUT2D eigenvalue weighted by Gasteiger charge is 2.14. The monoisotopic (exact) mass is 250 g/mol. The Balaban J connectivity index is 2.17. The fourth-order valence-corrected chi connectivity index (χ4v) is 2.05. The number of benzene rings is 1. The molecular formula is C13H15ClN2O. The van der Waals surface area contributed by atoms with Gasteiger partial charge in [-0.25, -0.2) is 0 Å². The average molecular weight is 251 g/mol. The summed E-state index contributed by atoms with van der Waals surface area (Å²) in [6.45, 7) is 1.95. The number of hydrogen-bond donors (Lipinski definition) is 1. The molecule has 0 aliphatic rings. The van der Waals surface area contributed by atoms with Crippen molar-refractivity contribution in [2.24, 2.45) is 7.05 Å². The molecule has 1 unspecified atom stereocenters. The van der Waals surface area contributed by atoms with Crippen LogP contribution in [0.3, 0.4) is 0 Å². The predicted molar refractivity (Wildman–Crippen MR) is 68.1 cm³/mol. The van der Waals surface area contributed by atoms with Crippen LogP contribution in [0, 0.1) is 6.92 Å². The number of aryl methyl sites for hydroxylation is 1. The van der Waals surface area contributed by atoms with Crippen molar-refractivity contribution in [3.8, 4) is 0 Å². The molecule has 2 aromatic rings. The van der Waals surface area contributed by atoms with E-state index in [-0.39, 0.29) is 0 Å². The second kappa shape index (κ2) is 4.90. The summed E-state index contributed by atoms with van der Waals surface area (Å²) in [7, 11) is 1.87. The van der Waals surface area contributed by atoms with Crippen LogP contribution in [0.25, 0.3) is 0 Å². The van der Waals surface area contributed by atoms with Crippen molar-refractivity contribution < 1.29 is 5.11 Å². The number of halogens is 1. The Hall–Kier alpha value is -1.32. The summed E-state index contributed by atoms with van der Waals surface area (Å²) in [6.07, 6.45) is 1.72. The molecule has 1 N–H and O–H groups in total. The van der Waals surface area contributed by atoms with Crippen LogP contribution in [-0.2, 0) is 13.5 Å². The van der Waals surface area contributed by atoms with Gasteiger partial charge in [0, 0.05) is 29.7 Å². The fraction of sp³-hybridized carbons (Fsp3) is 0.308. The molecule has 1 aromatic carbocycles. The lowest BCUT2D eigenvalue weighted by atomic mass is 10.0. The van der Waals surface area contributed by atoms with Gasteiger partial charge in [-0.05, 0) is 24.6 Å². The minimum Gasteiger partial charge on any atom is -0.388 e. The zero-order valence-electron chi connectivity index (χ0n) is 9.89. The number of aliphatic hydroxyl groups excluding tert-OH is 1. The fourth-order valence-electron chi connectivity index (χ4n) is 1.84. The molecule has 0 aliphatic carbocycles. The van der Waals surface area contributed by atoms with Gasteiger partial charge in [0.05, 0.1) is 12.3 Å². The molecule has 0 aliphatic heterocycles. The summed E-state index contributed by atoms with van der Waals surface area (Å²) < 4.78 is 1.76. The number of nitrogens with zero attached hydrogens (tertiary/aromatic N) is 2. The Morgan fingerprint density at radius 2 is 2.24 bits per heavy atom. The largest absolute Gasteiger partial charge is 0.388 e. The van der Waals surface area contributed by atoms with Crippen molar-refractivity contribution in [3.05, 3.63) is 52.3 Å². The van der Waals surface area contributed by atoms with E-state index in [0.717, 1.165) is 16.8 Å². The number of aromatic nitrogens is 2. The van der Waals surface area contributed by atoms with Crippen molar-refractivity contribution in [2.75, 3.05) is 0 Å². The van der Waals surface area contributed by atoms with Gasteiger partial charge in [0.15, 0.2) is 0 Å². The molecule has 2 rings (SSSR count). The summed E-state index contributed by atoms with van der Waals surface area (Å²) in [5, 5.41) is 15.0. The normalized spacial score (nSPS) is 12.7. The van der Waals surface area contributed by atoms with Gasteiger partial charge in [-0.2, -0.15) is 5.10 Å². The van der Waals surface area contributed by atoms with Crippen LogP contribution in [0.1, 0.15) is 22.9 Å². The third-order valence-electron chi connectivity index (χ3n) is 2.95. The first-order valence-electron chi connectivity index (χ1n) is 5.49. The topological polar surface area (TPSA) is 38.1 Å². The zero-order chi connectivity index (χ0) is 12.4. The lowest BCUT2D eigenvalue weighted by Gasteiger charge is -2.10. The summed E-state index contributed by atoms with van der Waals surface area (Å²) in [6, 6.07) is 7.55. The van der Waals surface area contributed by atoms with Crippen molar-refractivity contribution in [3.63, 3.8) is 0 Å². The van der Waals surface area contributed by atoms with E-state index < -0.39 is 6.10 Å². The lowest BCUT2D eigenvalue weighted by Crippen LogP contribution is -2.03. The van der Waals surface area contributed by atoms with Crippen molar-refractivity contribution in [1.82, 2.24) is 9.78 Å². The molecule has 0 radical (unpaired) electrons. The van der Waals surface area contributed by atoms with Crippen LogP contribution >= 0.6 is 11.6 Å². The minimum absolute atomic E-state index is 0.540. The van der Waals surface area contributed by atoms with Gasteiger partial charge in [-0.1, -0.05) is 23.7 Å². The highest BCUT2D eigenvalue weighted by atomic mass is 35.5. The quantitative estimate of drug-likeness (QED) is 0.910. The first kappa shape index (κ1) is 12.1. The van der Waals surface area contributed by atoms with Crippen LogP contribution in [0.15, 0.2) is 30.5 Å². The zero-order valence-corrected chi connectivity index (χ0v) is 10.6. The number of aliphatic hydroxyl groups is 1. The third-order valence-corrected chi connectivity index (χ3v) is 3.19.